The summed E-state index contributed by atoms with van der Waals surface area (Å²) in [4.78, 5) is 2.31. The van der Waals surface area contributed by atoms with Crippen molar-refractivity contribution in [2.24, 2.45) is 0 Å². The SMILES string of the molecule is CCN(Cc1ccc(CNC)o1)c1cccc(C)c1. The Balaban J connectivity index is 2.09. The van der Waals surface area contributed by atoms with Crippen LogP contribution in [0.4, 0.5) is 5.69 Å². The van der Waals surface area contributed by atoms with Crippen molar-refractivity contribution in [3.8, 4) is 0 Å². The Kier molecular flexibility index (Phi) is 4.63. The minimum atomic E-state index is 0.774. The van der Waals surface area contributed by atoms with Gasteiger partial charge in [-0.1, -0.05) is 12.1 Å². The molecule has 0 spiro atoms. The van der Waals surface area contributed by atoms with Gasteiger partial charge in [0.1, 0.15) is 11.5 Å². The highest BCUT2D eigenvalue weighted by atomic mass is 16.3. The Morgan fingerprint density at radius 2 is 1.95 bits per heavy atom. The molecule has 0 aliphatic heterocycles. The molecule has 0 aliphatic rings. The van der Waals surface area contributed by atoms with Crippen LogP contribution in [-0.2, 0) is 13.1 Å². The van der Waals surface area contributed by atoms with Crippen LogP contribution in [0.2, 0.25) is 0 Å². The third kappa shape index (κ3) is 3.61. The summed E-state index contributed by atoms with van der Waals surface area (Å²) in [5, 5.41) is 3.10. The molecule has 0 saturated carbocycles. The van der Waals surface area contributed by atoms with Gasteiger partial charge in [0.2, 0.25) is 0 Å². The van der Waals surface area contributed by atoms with Gasteiger partial charge in [0.15, 0.2) is 0 Å². The molecule has 102 valence electrons. The van der Waals surface area contributed by atoms with Crippen LogP contribution in [-0.4, -0.2) is 13.6 Å². The maximum absolute atomic E-state index is 5.80. The second kappa shape index (κ2) is 6.43. The molecule has 3 nitrogen and oxygen atoms in total. The Bertz CT molecular complexity index is 519. The standard InChI is InChI=1S/C16H22N2O/c1-4-18(14-7-5-6-13(2)10-14)12-16-9-8-15(19-16)11-17-3/h5-10,17H,4,11-12H2,1-3H3. The molecule has 1 aromatic heterocycles. The van der Waals surface area contributed by atoms with Gasteiger partial charge in [0.05, 0.1) is 13.1 Å². The number of furan rings is 1. The van der Waals surface area contributed by atoms with E-state index >= 15 is 0 Å². The summed E-state index contributed by atoms with van der Waals surface area (Å²) in [6.07, 6.45) is 0. The predicted octanol–water partition coefficient (Wildman–Crippen LogP) is 3.33. The maximum atomic E-state index is 5.80. The zero-order valence-electron chi connectivity index (χ0n) is 11.9. The van der Waals surface area contributed by atoms with Crippen molar-refractivity contribution in [1.29, 1.82) is 0 Å². The molecule has 0 amide bonds. The first-order chi connectivity index (χ1) is 9.22. The Morgan fingerprint density at radius 3 is 2.63 bits per heavy atom. The number of hydrogen-bond donors (Lipinski definition) is 1. The molecule has 1 N–H and O–H groups in total. The Morgan fingerprint density at radius 1 is 1.16 bits per heavy atom. The van der Waals surface area contributed by atoms with Gasteiger partial charge in [0.25, 0.3) is 0 Å². The fourth-order valence-electron chi connectivity index (χ4n) is 2.17. The number of hydrogen-bond acceptors (Lipinski definition) is 3. The second-order valence-corrected chi connectivity index (χ2v) is 4.75. The van der Waals surface area contributed by atoms with Gasteiger partial charge in [-0.2, -0.15) is 0 Å². The van der Waals surface area contributed by atoms with Gasteiger partial charge in [-0.05, 0) is 50.7 Å². The van der Waals surface area contributed by atoms with E-state index in [2.05, 4.69) is 54.4 Å². The molecule has 0 saturated heterocycles. The van der Waals surface area contributed by atoms with E-state index in [4.69, 9.17) is 4.42 Å². The molecule has 0 aliphatic carbocycles. The molecule has 0 bridgehead atoms. The third-order valence-electron chi connectivity index (χ3n) is 3.16. The molecule has 0 unspecified atom stereocenters. The van der Waals surface area contributed by atoms with E-state index in [1.165, 1.54) is 11.3 Å². The third-order valence-corrected chi connectivity index (χ3v) is 3.16. The average Bonchev–Trinajstić information content (AvgIpc) is 2.84. The zero-order chi connectivity index (χ0) is 13.7. The zero-order valence-corrected chi connectivity index (χ0v) is 11.9. The van der Waals surface area contributed by atoms with Gasteiger partial charge in [-0.25, -0.2) is 0 Å². The number of anilines is 1. The molecule has 3 heteroatoms. The fourth-order valence-corrected chi connectivity index (χ4v) is 2.17. The largest absolute Gasteiger partial charge is 0.463 e. The highest BCUT2D eigenvalue weighted by Gasteiger charge is 2.08. The van der Waals surface area contributed by atoms with Gasteiger partial charge >= 0.3 is 0 Å². The average molecular weight is 258 g/mol. The number of rotatable bonds is 6. The van der Waals surface area contributed by atoms with Gasteiger partial charge < -0.3 is 14.6 Å². The van der Waals surface area contributed by atoms with Crippen LogP contribution in [0.5, 0.6) is 0 Å². The number of benzene rings is 1. The summed E-state index contributed by atoms with van der Waals surface area (Å²) < 4.78 is 5.80. The van der Waals surface area contributed by atoms with E-state index in [0.29, 0.717) is 0 Å². The van der Waals surface area contributed by atoms with Crippen LogP contribution in [0.3, 0.4) is 0 Å². The lowest BCUT2D eigenvalue weighted by atomic mass is 10.2. The summed E-state index contributed by atoms with van der Waals surface area (Å²) in [5.41, 5.74) is 2.53. The van der Waals surface area contributed by atoms with Crippen LogP contribution >= 0.6 is 0 Å². The molecule has 1 aromatic carbocycles. The normalized spacial score (nSPS) is 10.7. The topological polar surface area (TPSA) is 28.4 Å². The van der Waals surface area contributed by atoms with E-state index in [9.17, 15) is 0 Å². The molecule has 2 rings (SSSR count). The van der Waals surface area contributed by atoms with Crippen molar-refractivity contribution >= 4 is 5.69 Å². The first-order valence-corrected chi connectivity index (χ1v) is 6.76. The van der Waals surface area contributed by atoms with Crippen molar-refractivity contribution in [1.82, 2.24) is 5.32 Å². The maximum Gasteiger partial charge on any atom is 0.123 e. The van der Waals surface area contributed by atoms with Crippen molar-refractivity contribution in [3.05, 3.63) is 53.5 Å². The molecule has 0 radical (unpaired) electrons. The van der Waals surface area contributed by atoms with Crippen LogP contribution in [0.1, 0.15) is 24.0 Å². The van der Waals surface area contributed by atoms with Crippen molar-refractivity contribution in [2.45, 2.75) is 26.9 Å². The van der Waals surface area contributed by atoms with Gasteiger partial charge in [0, 0.05) is 12.2 Å². The van der Waals surface area contributed by atoms with E-state index < -0.39 is 0 Å². The second-order valence-electron chi connectivity index (χ2n) is 4.75. The van der Waals surface area contributed by atoms with Crippen molar-refractivity contribution < 1.29 is 4.42 Å². The Hall–Kier alpha value is -1.74. The lowest BCUT2D eigenvalue weighted by Gasteiger charge is -2.22. The Labute approximate surface area is 115 Å². The number of aryl methyl sites for hydroxylation is 1. The van der Waals surface area contributed by atoms with Gasteiger partial charge in [-0.3, -0.25) is 0 Å². The predicted molar refractivity (Wildman–Crippen MR) is 79.4 cm³/mol. The minimum absolute atomic E-state index is 0.774. The van der Waals surface area contributed by atoms with Crippen molar-refractivity contribution in [2.75, 3.05) is 18.5 Å². The minimum Gasteiger partial charge on any atom is -0.463 e. The monoisotopic (exact) mass is 258 g/mol. The molecule has 19 heavy (non-hydrogen) atoms. The van der Waals surface area contributed by atoms with Crippen LogP contribution in [0.15, 0.2) is 40.8 Å². The lowest BCUT2D eigenvalue weighted by Crippen LogP contribution is -2.21. The fraction of sp³-hybridized carbons (Fsp3) is 0.375. The van der Waals surface area contributed by atoms with Crippen LogP contribution in [0, 0.1) is 6.92 Å². The summed E-state index contributed by atoms with van der Waals surface area (Å²) >= 11 is 0. The smallest absolute Gasteiger partial charge is 0.123 e. The van der Waals surface area contributed by atoms with Crippen LogP contribution < -0.4 is 10.2 Å². The summed E-state index contributed by atoms with van der Waals surface area (Å²) in [6.45, 7) is 6.83. The molecular weight excluding hydrogens is 236 g/mol. The van der Waals surface area contributed by atoms with E-state index in [1.54, 1.807) is 0 Å². The summed E-state index contributed by atoms with van der Waals surface area (Å²) in [7, 11) is 1.92. The first kappa shape index (κ1) is 13.7. The number of nitrogens with one attached hydrogen (secondary N) is 1. The first-order valence-electron chi connectivity index (χ1n) is 6.76. The van der Waals surface area contributed by atoms with Crippen LogP contribution in [0.25, 0.3) is 0 Å². The summed E-state index contributed by atoms with van der Waals surface area (Å²) in [6, 6.07) is 12.7. The lowest BCUT2D eigenvalue weighted by molar-refractivity contribution is 0.451. The van der Waals surface area contributed by atoms with E-state index in [1.807, 2.05) is 13.1 Å². The summed E-state index contributed by atoms with van der Waals surface area (Å²) in [5.74, 6) is 1.99. The highest BCUT2D eigenvalue weighted by molar-refractivity contribution is 5.48. The quantitative estimate of drug-likeness (QED) is 0.861. The molecule has 0 fully saturated rings. The number of nitrogens with zero attached hydrogens (tertiary/aromatic N) is 1. The molecule has 2 aromatic rings. The molecule has 0 atom stereocenters. The van der Waals surface area contributed by atoms with E-state index in [0.717, 1.165) is 31.2 Å². The molecular formula is C16H22N2O. The van der Waals surface area contributed by atoms with E-state index in [-0.39, 0.29) is 0 Å². The molecule has 1 heterocycles. The van der Waals surface area contributed by atoms with Gasteiger partial charge in [-0.15, -0.1) is 0 Å². The highest BCUT2D eigenvalue weighted by Crippen LogP contribution is 2.19. The van der Waals surface area contributed by atoms with Crippen molar-refractivity contribution in [3.63, 3.8) is 0 Å².